The maximum Gasteiger partial charge on any atom is 0.222 e. The van der Waals surface area contributed by atoms with E-state index in [4.69, 9.17) is 0 Å². The van der Waals surface area contributed by atoms with Crippen molar-refractivity contribution in [3.05, 3.63) is 24.3 Å². The number of nitrogens with one attached hydrogen (secondary N) is 1. The first-order valence-corrected chi connectivity index (χ1v) is 22.6. The van der Waals surface area contributed by atoms with E-state index in [1.165, 1.54) is 173 Å². The van der Waals surface area contributed by atoms with E-state index in [9.17, 15) is 20.1 Å². The van der Waals surface area contributed by atoms with E-state index in [0.717, 1.165) is 38.5 Å². The van der Waals surface area contributed by atoms with Crippen molar-refractivity contribution in [1.82, 2.24) is 5.32 Å². The number of rotatable bonds is 41. The Balaban J connectivity index is 3.66. The zero-order valence-electron chi connectivity index (χ0n) is 34.2. The third-order valence-corrected chi connectivity index (χ3v) is 10.5. The average molecular weight is 720 g/mol. The monoisotopic (exact) mass is 720 g/mol. The summed E-state index contributed by atoms with van der Waals surface area (Å²) in [5.41, 5.74) is 0. The van der Waals surface area contributed by atoms with Gasteiger partial charge in [-0.15, -0.1) is 0 Å². The van der Waals surface area contributed by atoms with Crippen LogP contribution < -0.4 is 5.32 Å². The molecule has 0 aliphatic heterocycles. The van der Waals surface area contributed by atoms with Gasteiger partial charge >= 0.3 is 0 Å². The molecule has 4 N–H and O–H groups in total. The molecule has 0 aromatic heterocycles. The Hall–Kier alpha value is -1.17. The van der Waals surface area contributed by atoms with Gasteiger partial charge in [0.2, 0.25) is 5.91 Å². The fourth-order valence-corrected chi connectivity index (χ4v) is 6.98. The summed E-state index contributed by atoms with van der Waals surface area (Å²) in [5, 5.41) is 33.2. The van der Waals surface area contributed by atoms with Gasteiger partial charge in [-0.05, 0) is 44.9 Å². The molecule has 0 rings (SSSR count). The highest BCUT2D eigenvalue weighted by Gasteiger charge is 2.20. The summed E-state index contributed by atoms with van der Waals surface area (Å²) in [6, 6.07) is -0.744. The molecule has 51 heavy (non-hydrogen) atoms. The predicted octanol–water partition coefficient (Wildman–Crippen LogP) is 13.0. The zero-order chi connectivity index (χ0) is 37.3. The molecule has 0 saturated heterocycles. The van der Waals surface area contributed by atoms with Crippen LogP contribution in [0.2, 0.25) is 0 Å². The van der Waals surface area contributed by atoms with Crippen molar-refractivity contribution < 1.29 is 20.1 Å². The van der Waals surface area contributed by atoms with Crippen LogP contribution in [0.15, 0.2) is 24.3 Å². The summed E-state index contributed by atoms with van der Waals surface area (Å²) in [4.78, 5) is 12.4. The molecule has 5 nitrogen and oxygen atoms in total. The summed E-state index contributed by atoms with van der Waals surface area (Å²) in [7, 11) is 0. The van der Waals surface area contributed by atoms with Crippen LogP contribution >= 0.6 is 0 Å². The summed E-state index contributed by atoms with van der Waals surface area (Å²) < 4.78 is 0. The molecule has 0 aliphatic carbocycles. The van der Waals surface area contributed by atoms with Crippen molar-refractivity contribution in [2.24, 2.45) is 0 Å². The lowest BCUT2D eigenvalue weighted by molar-refractivity contribution is -0.124. The van der Waals surface area contributed by atoms with Crippen molar-refractivity contribution in [2.45, 2.75) is 257 Å². The van der Waals surface area contributed by atoms with Gasteiger partial charge in [0.1, 0.15) is 0 Å². The molecule has 0 aliphatic rings. The summed E-state index contributed by atoms with van der Waals surface area (Å²) in [6.45, 7) is 4.22. The molecule has 0 aromatic carbocycles. The Kier molecular flexibility index (Phi) is 40.6. The number of amides is 1. The quantitative estimate of drug-likeness (QED) is 0.0374. The zero-order valence-corrected chi connectivity index (χ0v) is 34.2. The van der Waals surface area contributed by atoms with Crippen LogP contribution in [0.5, 0.6) is 0 Å². The molecule has 0 saturated carbocycles. The minimum absolute atomic E-state index is 0.00982. The topological polar surface area (TPSA) is 89.8 Å². The highest BCUT2D eigenvalue weighted by atomic mass is 16.3. The van der Waals surface area contributed by atoms with Gasteiger partial charge in [-0.2, -0.15) is 0 Å². The number of aliphatic hydroxyl groups excluding tert-OH is 3. The second-order valence-corrected chi connectivity index (χ2v) is 15.7. The Bertz CT molecular complexity index is 754. The Labute approximate surface area is 318 Å². The average Bonchev–Trinajstić information content (AvgIpc) is 3.12. The first-order chi connectivity index (χ1) is 25.0. The van der Waals surface area contributed by atoms with Crippen LogP contribution in [0.25, 0.3) is 0 Å². The van der Waals surface area contributed by atoms with E-state index >= 15 is 0 Å². The van der Waals surface area contributed by atoms with Crippen LogP contribution in [-0.4, -0.2) is 46.1 Å². The SMILES string of the molecule is CCCCCCCCCCCC/C=C\CCCCCCCC(O)CC(=O)NC(CO)C(O)/C=C/CCCCCCCCCCCCCCCCC. The maximum absolute atomic E-state index is 12.4. The lowest BCUT2D eigenvalue weighted by atomic mass is 10.0. The molecule has 0 radical (unpaired) electrons. The second-order valence-electron chi connectivity index (χ2n) is 15.7. The predicted molar refractivity (Wildman–Crippen MR) is 222 cm³/mol. The third-order valence-electron chi connectivity index (χ3n) is 10.5. The van der Waals surface area contributed by atoms with Gasteiger partial charge in [0.25, 0.3) is 0 Å². The van der Waals surface area contributed by atoms with Gasteiger partial charge in [0.15, 0.2) is 0 Å². The largest absolute Gasteiger partial charge is 0.394 e. The van der Waals surface area contributed by atoms with Crippen molar-refractivity contribution in [1.29, 1.82) is 0 Å². The fourth-order valence-electron chi connectivity index (χ4n) is 6.98. The van der Waals surface area contributed by atoms with Crippen molar-refractivity contribution >= 4 is 5.91 Å². The molecule has 1 amide bonds. The van der Waals surface area contributed by atoms with Crippen LogP contribution in [0.4, 0.5) is 0 Å². The molecule has 0 aromatic rings. The van der Waals surface area contributed by atoms with Crippen LogP contribution in [0, 0.1) is 0 Å². The van der Waals surface area contributed by atoms with E-state index in [2.05, 4.69) is 31.3 Å². The van der Waals surface area contributed by atoms with E-state index in [0.29, 0.717) is 6.42 Å². The van der Waals surface area contributed by atoms with E-state index < -0.39 is 18.2 Å². The van der Waals surface area contributed by atoms with Gasteiger partial charge < -0.3 is 20.6 Å². The lowest BCUT2D eigenvalue weighted by Crippen LogP contribution is -2.45. The van der Waals surface area contributed by atoms with Crippen LogP contribution in [-0.2, 0) is 4.79 Å². The van der Waals surface area contributed by atoms with Gasteiger partial charge in [-0.1, -0.05) is 212 Å². The van der Waals surface area contributed by atoms with E-state index in [1.54, 1.807) is 6.08 Å². The fraction of sp³-hybridized carbons (Fsp3) is 0.891. The van der Waals surface area contributed by atoms with Gasteiger partial charge in [-0.3, -0.25) is 4.79 Å². The molecule has 0 spiro atoms. The normalized spacial score (nSPS) is 13.7. The Morgan fingerprint density at radius 3 is 1.20 bits per heavy atom. The van der Waals surface area contributed by atoms with E-state index in [-0.39, 0.29) is 18.9 Å². The van der Waals surface area contributed by atoms with Crippen molar-refractivity contribution in [3.8, 4) is 0 Å². The van der Waals surface area contributed by atoms with Gasteiger partial charge in [0, 0.05) is 0 Å². The number of unbranched alkanes of at least 4 members (excludes halogenated alkanes) is 30. The van der Waals surface area contributed by atoms with Crippen LogP contribution in [0.1, 0.15) is 239 Å². The summed E-state index contributed by atoms with van der Waals surface area (Å²) in [6.07, 6.45) is 50.3. The first-order valence-electron chi connectivity index (χ1n) is 22.6. The molecular formula is C46H89NO4. The molecule has 5 heteroatoms. The molecule has 302 valence electrons. The molecule has 3 atom stereocenters. The molecule has 0 bridgehead atoms. The number of allylic oxidation sites excluding steroid dienone is 3. The second kappa shape index (κ2) is 41.6. The maximum atomic E-state index is 12.4. The highest BCUT2D eigenvalue weighted by molar-refractivity contribution is 5.76. The van der Waals surface area contributed by atoms with Gasteiger partial charge in [-0.25, -0.2) is 0 Å². The Morgan fingerprint density at radius 2 is 0.824 bits per heavy atom. The number of aliphatic hydroxyl groups is 3. The molecule has 3 unspecified atom stereocenters. The minimum Gasteiger partial charge on any atom is -0.394 e. The summed E-state index contributed by atoms with van der Waals surface area (Å²) >= 11 is 0. The number of carbonyl (C=O) groups is 1. The standard InChI is InChI=1S/C46H89NO4/c1-3-5-7-9-11-13-15-17-19-21-22-24-25-27-29-31-33-35-37-39-43(49)41-46(51)47-44(42-48)45(50)40-38-36-34-32-30-28-26-23-20-18-16-14-12-10-8-6-4-2/h24-25,38,40,43-45,48-50H,3-23,26-37,39,41-42H2,1-2H3,(H,47,51)/b25-24-,40-38+. The van der Waals surface area contributed by atoms with E-state index in [1.807, 2.05) is 6.08 Å². The molecule has 0 heterocycles. The van der Waals surface area contributed by atoms with Crippen LogP contribution in [0.3, 0.4) is 0 Å². The van der Waals surface area contributed by atoms with Crippen molar-refractivity contribution in [2.75, 3.05) is 6.61 Å². The highest BCUT2D eigenvalue weighted by Crippen LogP contribution is 2.15. The first kappa shape index (κ1) is 49.8. The number of carbonyl (C=O) groups excluding carboxylic acids is 1. The van der Waals surface area contributed by atoms with Crippen molar-refractivity contribution in [3.63, 3.8) is 0 Å². The lowest BCUT2D eigenvalue weighted by Gasteiger charge is -2.21. The third kappa shape index (κ3) is 38.4. The van der Waals surface area contributed by atoms with Gasteiger partial charge in [0.05, 0.1) is 31.3 Å². The number of hydrogen-bond donors (Lipinski definition) is 4. The molecule has 0 fully saturated rings. The smallest absolute Gasteiger partial charge is 0.222 e. The molecular weight excluding hydrogens is 631 g/mol. The number of hydrogen-bond acceptors (Lipinski definition) is 4. The summed E-state index contributed by atoms with van der Waals surface area (Å²) in [5.74, 6) is -0.319. The minimum atomic E-state index is -0.929. The Morgan fingerprint density at radius 1 is 0.490 bits per heavy atom.